The van der Waals surface area contributed by atoms with Crippen LogP contribution in [0, 0.1) is 0 Å². The fourth-order valence-corrected chi connectivity index (χ4v) is 1.39. The SMILES string of the molecule is CCCCCCc1cnccc1N. The van der Waals surface area contributed by atoms with E-state index in [-0.39, 0.29) is 0 Å². The van der Waals surface area contributed by atoms with Crippen molar-refractivity contribution in [3.05, 3.63) is 24.0 Å². The van der Waals surface area contributed by atoms with E-state index in [1.807, 2.05) is 12.3 Å². The molecule has 0 aromatic carbocycles. The van der Waals surface area contributed by atoms with Crippen LogP contribution in [0.5, 0.6) is 0 Å². The first-order valence-corrected chi connectivity index (χ1v) is 5.03. The molecule has 2 heteroatoms. The van der Waals surface area contributed by atoms with Gasteiger partial charge in [0, 0.05) is 18.1 Å². The second-order valence-corrected chi connectivity index (χ2v) is 3.39. The molecule has 1 aromatic heterocycles. The summed E-state index contributed by atoms with van der Waals surface area (Å²) in [6.45, 7) is 2.22. The summed E-state index contributed by atoms with van der Waals surface area (Å²) in [5, 5.41) is 0. The van der Waals surface area contributed by atoms with Crippen LogP contribution in [0.4, 0.5) is 5.69 Å². The van der Waals surface area contributed by atoms with E-state index in [2.05, 4.69) is 11.9 Å². The van der Waals surface area contributed by atoms with Gasteiger partial charge in [0.25, 0.3) is 0 Å². The highest BCUT2D eigenvalue weighted by atomic mass is 14.7. The molecule has 0 unspecified atom stereocenters. The largest absolute Gasteiger partial charge is 0.398 e. The molecule has 1 rings (SSSR count). The number of pyridine rings is 1. The van der Waals surface area contributed by atoms with Gasteiger partial charge in [-0.2, -0.15) is 0 Å². The van der Waals surface area contributed by atoms with Gasteiger partial charge in [-0.15, -0.1) is 0 Å². The molecular formula is C11H18N2. The van der Waals surface area contributed by atoms with Crippen LogP contribution in [0.25, 0.3) is 0 Å². The van der Waals surface area contributed by atoms with Gasteiger partial charge in [0.05, 0.1) is 0 Å². The highest BCUT2D eigenvalue weighted by Gasteiger charge is 1.97. The maximum atomic E-state index is 5.80. The zero-order valence-electron chi connectivity index (χ0n) is 8.29. The summed E-state index contributed by atoms with van der Waals surface area (Å²) in [7, 11) is 0. The van der Waals surface area contributed by atoms with Gasteiger partial charge in [-0.3, -0.25) is 4.98 Å². The average molecular weight is 178 g/mol. The van der Waals surface area contributed by atoms with Gasteiger partial charge in [0.15, 0.2) is 0 Å². The van der Waals surface area contributed by atoms with E-state index in [4.69, 9.17) is 5.73 Å². The highest BCUT2D eigenvalue weighted by Crippen LogP contribution is 2.12. The van der Waals surface area contributed by atoms with Crippen molar-refractivity contribution in [3.8, 4) is 0 Å². The molecule has 0 fully saturated rings. The number of aromatic nitrogens is 1. The Kier molecular flexibility index (Phi) is 4.30. The summed E-state index contributed by atoms with van der Waals surface area (Å²) in [4.78, 5) is 4.06. The van der Waals surface area contributed by atoms with Crippen LogP contribution in [-0.4, -0.2) is 4.98 Å². The predicted molar refractivity (Wildman–Crippen MR) is 56.5 cm³/mol. The van der Waals surface area contributed by atoms with Crippen LogP contribution in [0.1, 0.15) is 38.2 Å². The lowest BCUT2D eigenvalue weighted by atomic mass is 10.1. The topological polar surface area (TPSA) is 38.9 Å². The molecule has 13 heavy (non-hydrogen) atoms. The molecule has 0 bridgehead atoms. The smallest absolute Gasteiger partial charge is 0.0377 e. The predicted octanol–water partition coefficient (Wildman–Crippen LogP) is 2.79. The van der Waals surface area contributed by atoms with Crippen molar-refractivity contribution in [1.29, 1.82) is 0 Å². The van der Waals surface area contributed by atoms with Crippen LogP contribution in [0.15, 0.2) is 18.5 Å². The third-order valence-electron chi connectivity index (χ3n) is 2.24. The number of hydrogen-bond donors (Lipinski definition) is 1. The quantitative estimate of drug-likeness (QED) is 0.704. The molecule has 0 aliphatic heterocycles. The Labute approximate surface area is 80.2 Å². The first kappa shape index (κ1) is 10.0. The fourth-order valence-electron chi connectivity index (χ4n) is 1.39. The number of hydrogen-bond acceptors (Lipinski definition) is 2. The number of unbranched alkanes of at least 4 members (excludes halogenated alkanes) is 3. The zero-order valence-corrected chi connectivity index (χ0v) is 8.29. The molecule has 0 amide bonds. The van der Waals surface area contributed by atoms with Crippen molar-refractivity contribution in [1.82, 2.24) is 4.98 Å². The molecule has 1 aromatic rings. The Bertz CT molecular complexity index is 246. The van der Waals surface area contributed by atoms with Crippen LogP contribution in [-0.2, 0) is 6.42 Å². The van der Waals surface area contributed by atoms with E-state index in [1.165, 1.54) is 31.2 Å². The molecule has 0 saturated carbocycles. The zero-order chi connectivity index (χ0) is 9.52. The molecule has 0 saturated heterocycles. The van der Waals surface area contributed by atoms with Crippen LogP contribution in [0.3, 0.4) is 0 Å². The Morgan fingerprint density at radius 2 is 2.15 bits per heavy atom. The number of aryl methyl sites for hydroxylation is 1. The average Bonchev–Trinajstić information content (AvgIpc) is 2.15. The molecule has 2 N–H and O–H groups in total. The van der Waals surface area contributed by atoms with E-state index < -0.39 is 0 Å². The summed E-state index contributed by atoms with van der Waals surface area (Å²) >= 11 is 0. The third kappa shape index (κ3) is 3.45. The lowest BCUT2D eigenvalue weighted by Crippen LogP contribution is -1.95. The molecule has 2 nitrogen and oxygen atoms in total. The summed E-state index contributed by atoms with van der Waals surface area (Å²) in [6.07, 6.45) is 9.81. The minimum atomic E-state index is 0.881. The Balaban J connectivity index is 2.32. The monoisotopic (exact) mass is 178 g/mol. The van der Waals surface area contributed by atoms with Gasteiger partial charge in [0.2, 0.25) is 0 Å². The summed E-state index contributed by atoms with van der Waals surface area (Å²) in [5.74, 6) is 0. The summed E-state index contributed by atoms with van der Waals surface area (Å²) in [6, 6.07) is 1.87. The molecule has 0 aliphatic carbocycles. The lowest BCUT2D eigenvalue weighted by molar-refractivity contribution is 0.666. The van der Waals surface area contributed by atoms with Gasteiger partial charge in [-0.25, -0.2) is 0 Å². The fraction of sp³-hybridized carbons (Fsp3) is 0.545. The second-order valence-electron chi connectivity index (χ2n) is 3.39. The molecule has 0 aliphatic rings. The number of nitrogens with two attached hydrogens (primary N) is 1. The summed E-state index contributed by atoms with van der Waals surface area (Å²) in [5.41, 5.74) is 7.87. The molecule has 0 radical (unpaired) electrons. The first-order valence-electron chi connectivity index (χ1n) is 5.03. The molecule has 72 valence electrons. The van der Waals surface area contributed by atoms with Gasteiger partial charge >= 0.3 is 0 Å². The van der Waals surface area contributed by atoms with Crippen molar-refractivity contribution in [2.75, 3.05) is 5.73 Å². The lowest BCUT2D eigenvalue weighted by Gasteiger charge is -2.03. The van der Waals surface area contributed by atoms with Gasteiger partial charge in [-0.1, -0.05) is 26.2 Å². The van der Waals surface area contributed by atoms with Crippen LogP contribution < -0.4 is 5.73 Å². The van der Waals surface area contributed by atoms with E-state index >= 15 is 0 Å². The van der Waals surface area contributed by atoms with E-state index in [9.17, 15) is 0 Å². The van der Waals surface area contributed by atoms with E-state index in [0.29, 0.717) is 0 Å². The van der Waals surface area contributed by atoms with Gasteiger partial charge in [0.1, 0.15) is 0 Å². The van der Waals surface area contributed by atoms with Crippen LogP contribution in [0.2, 0.25) is 0 Å². The molecular weight excluding hydrogens is 160 g/mol. The van der Waals surface area contributed by atoms with Gasteiger partial charge in [-0.05, 0) is 24.5 Å². The first-order chi connectivity index (χ1) is 6.34. The third-order valence-corrected chi connectivity index (χ3v) is 2.24. The van der Waals surface area contributed by atoms with Crippen molar-refractivity contribution in [2.24, 2.45) is 0 Å². The van der Waals surface area contributed by atoms with Crippen molar-refractivity contribution in [2.45, 2.75) is 39.0 Å². The maximum Gasteiger partial charge on any atom is 0.0377 e. The molecule has 0 atom stereocenters. The number of nitrogen functional groups attached to an aromatic ring is 1. The Hall–Kier alpha value is -1.05. The minimum absolute atomic E-state index is 0.881. The Morgan fingerprint density at radius 3 is 2.85 bits per heavy atom. The molecule has 0 spiro atoms. The van der Waals surface area contributed by atoms with Crippen LogP contribution >= 0.6 is 0 Å². The number of nitrogens with zero attached hydrogens (tertiary/aromatic N) is 1. The normalized spacial score (nSPS) is 10.2. The number of anilines is 1. The van der Waals surface area contributed by atoms with Gasteiger partial charge < -0.3 is 5.73 Å². The highest BCUT2D eigenvalue weighted by molar-refractivity contribution is 5.44. The Morgan fingerprint density at radius 1 is 1.31 bits per heavy atom. The van der Waals surface area contributed by atoms with Crippen molar-refractivity contribution >= 4 is 5.69 Å². The van der Waals surface area contributed by atoms with E-state index in [0.717, 1.165) is 12.1 Å². The van der Waals surface area contributed by atoms with Crippen molar-refractivity contribution in [3.63, 3.8) is 0 Å². The number of rotatable bonds is 5. The minimum Gasteiger partial charge on any atom is -0.398 e. The maximum absolute atomic E-state index is 5.80. The van der Waals surface area contributed by atoms with E-state index in [1.54, 1.807) is 6.20 Å². The van der Waals surface area contributed by atoms with Crippen molar-refractivity contribution < 1.29 is 0 Å². The molecule has 1 heterocycles. The second kappa shape index (κ2) is 5.57. The standard InChI is InChI=1S/C11H18N2/c1-2-3-4-5-6-10-9-13-8-7-11(10)12/h7-9H,2-6H2,1H3,(H2,12,13). The summed E-state index contributed by atoms with van der Waals surface area (Å²) < 4.78 is 0.